The Kier molecular flexibility index (Phi) is 4.22. The van der Waals surface area contributed by atoms with Gasteiger partial charge in [0.1, 0.15) is 0 Å². The molecule has 2 rings (SSSR count). The Morgan fingerprint density at radius 1 is 1.31 bits per heavy atom. The van der Waals surface area contributed by atoms with Crippen LogP contribution < -0.4 is 5.32 Å². The van der Waals surface area contributed by atoms with Crippen LogP contribution in [0.3, 0.4) is 0 Å². The van der Waals surface area contributed by atoms with Gasteiger partial charge in [0.2, 0.25) is 0 Å². The number of piperidine rings is 1. The maximum absolute atomic E-state index is 5.63. The minimum atomic E-state index is 0.204. The van der Waals surface area contributed by atoms with Gasteiger partial charge in [-0.2, -0.15) is 0 Å². The highest BCUT2D eigenvalue weighted by Gasteiger charge is 2.36. The molecule has 2 heterocycles. The van der Waals surface area contributed by atoms with Crippen LogP contribution in [0.4, 0.5) is 0 Å². The lowest BCUT2D eigenvalue weighted by Crippen LogP contribution is -2.50. The predicted molar refractivity (Wildman–Crippen MR) is 66.7 cm³/mol. The predicted octanol–water partition coefficient (Wildman–Crippen LogP) is 1.63. The highest BCUT2D eigenvalue weighted by molar-refractivity contribution is 4.93. The largest absolute Gasteiger partial charge is 0.377 e. The Bertz CT molecular complexity index is 216. The molecule has 16 heavy (non-hydrogen) atoms. The summed E-state index contributed by atoms with van der Waals surface area (Å²) in [5, 5.41) is 3.69. The standard InChI is InChI=1S/C13H26N2O/c1-12-13(2,6-11-16-12)14-7-10-15-8-4-3-5-9-15/h12,14H,3-11H2,1-2H3/t12-,13-/m1/s1. The second-order valence-corrected chi connectivity index (χ2v) is 5.51. The molecule has 2 atom stereocenters. The summed E-state index contributed by atoms with van der Waals surface area (Å²) < 4.78 is 5.63. The number of likely N-dealkylation sites (tertiary alicyclic amines) is 1. The third kappa shape index (κ3) is 2.96. The molecule has 2 aliphatic rings. The van der Waals surface area contributed by atoms with E-state index in [9.17, 15) is 0 Å². The van der Waals surface area contributed by atoms with Gasteiger partial charge in [0.25, 0.3) is 0 Å². The molecule has 0 spiro atoms. The summed E-state index contributed by atoms with van der Waals surface area (Å²) in [5.74, 6) is 0. The van der Waals surface area contributed by atoms with E-state index < -0.39 is 0 Å². The lowest BCUT2D eigenvalue weighted by Gasteiger charge is -2.32. The number of nitrogens with one attached hydrogen (secondary N) is 1. The summed E-state index contributed by atoms with van der Waals surface area (Å²) in [4.78, 5) is 2.58. The smallest absolute Gasteiger partial charge is 0.0726 e. The molecule has 0 aromatic carbocycles. The lowest BCUT2D eigenvalue weighted by molar-refractivity contribution is 0.0870. The number of hydrogen-bond donors (Lipinski definition) is 1. The van der Waals surface area contributed by atoms with Gasteiger partial charge in [0.15, 0.2) is 0 Å². The van der Waals surface area contributed by atoms with Crippen LogP contribution in [-0.4, -0.2) is 49.3 Å². The topological polar surface area (TPSA) is 24.5 Å². The van der Waals surface area contributed by atoms with Crippen molar-refractivity contribution >= 4 is 0 Å². The van der Waals surface area contributed by atoms with Gasteiger partial charge >= 0.3 is 0 Å². The van der Waals surface area contributed by atoms with Crippen molar-refractivity contribution in [2.24, 2.45) is 0 Å². The van der Waals surface area contributed by atoms with Crippen LogP contribution in [0.25, 0.3) is 0 Å². The van der Waals surface area contributed by atoms with Crippen LogP contribution in [0, 0.1) is 0 Å². The molecular weight excluding hydrogens is 200 g/mol. The average molecular weight is 226 g/mol. The molecule has 2 fully saturated rings. The van der Waals surface area contributed by atoms with Crippen molar-refractivity contribution in [3.8, 4) is 0 Å². The van der Waals surface area contributed by atoms with Gasteiger partial charge < -0.3 is 15.0 Å². The normalized spacial score (nSPS) is 36.8. The van der Waals surface area contributed by atoms with E-state index in [1.807, 2.05) is 0 Å². The first kappa shape index (κ1) is 12.3. The van der Waals surface area contributed by atoms with Crippen LogP contribution in [0.1, 0.15) is 39.5 Å². The molecular formula is C13H26N2O. The first-order chi connectivity index (χ1) is 7.71. The molecule has 0 aliphatic carbocycles. The van der Waals surface area contributed by atoms with E-state index in [0.717, 1.165) is 19.6 Å². The molecule has 0 saturated carbocycles. The van der Waals surface area contributed by atoms with Crippen molar-refractivity contribution in [2.45, 2.75) is 51.2 Å². The zero-order valence-electron chi connectivity index (χ0n) is 10.8. The molecule has 2 saturated heterocycles. The van der Waals surface area contributed by atoms with E-state index in [-0.39, 0.29) is 5.54 Å². The number of nitrogens with zero attached hydrogens (tertiary/aromatic N) is 1. The molecule has 1 N–H and O–H groups in total. The lowest BCUT2D eigenvalue weighted by atomic mass is 9.95. The molecule has 0 bridgehead atoms. The summed E-state index contributed by atoms with van der Waals surface area (Å²) in [6.45, 7) is 10.3. The Morgan fingerprint density at radius 3 is 2.69 bits per heavy atom. The highest BCUT2D eigenvalue weighted by Crippen LogP contribution is 2.24. The number of rotatable bonds is 4. The highest BCUT2D eigenvalue weighted by atomic mass is 16.5. The van der Waals surface area contributed by atoms with Crippen molar-refractivity contribution in [2.75, 3.05) is 32.8 Å². The third-order valence-electron chi connectivity index (χ3n) is 4.29. The fourth-order valence-corrected chi connectivity index (χ4v) is 2.75. The SMILES string of the molecule is C[C@H]1OCC[C@@]1(C)NCCN1CCCCC1. The van der Waals surface area contributed by atoms with Gasteiger partial charge in [-0.1, -0.05) is 6.42 Å². The molecule has 0 unspecified atom stereocenters. The van der Waals surface area contributed by atoms with E-state index in [0.29, 0.717) is 6.10 Å². The Labute approximate surface area is 99.5 Å². The van der Waals surface area contributed by atoms with Gasteiger partial charge in [-0.3, -0.25) is 0 Å². The van der Waals surface area contributed by atoms with Crippen molar-refractivity contribution in [1.29, 1.82) is 0 Å². The molecule has 0 radical (unpaired) electrons. The van der Waals surface area contributed by atoms with Crippen molar-refractivity contribution in [1.82, 2.24) is 10.2 Å². The second kappa shape index (κ2) is 5.48. The molecule has 0 aromatic rings. The van der Waals surface area contributed by atoms with E-state index in [2.05, 4.69) is 24.1 Å². The summed E-state index contributed by atoms with van der Waals surface area (Å²) in [6.07, 6.45) is 5.70. The van der Waals surface area contributed by atoms with Gasteiger partial charge in [0.05, 0.1) is 6.10 Å². The zero-order chi connectivity index (χ0) is 11.4. The van der Waals surface area contributed by atoms with E-state index in [1.165, 1.54) is 38.9 Å². The van der Waals surface area contributed by atoms with Gasteiger partial charge in [0, 0.05) is 25.2 Å². The Morgan fingerprint density at radius 2 is 2.06 bits per heavy atom. The second-order valence-electron chi connectivity index (χ2n) is 5.51. The monoisotopic (exact) mass is 226 g/mol. The minimum Gasteiger partial charge on any atom is -0.377 e. The molecule has 2 aliphatic heterocycles. The van der Waals surface area contributed by atoms with Crippen LogP contribution in [0.2, 0.25) is 0 Å². The summed E-state index contributed by atoms with van der Waals surface area (Å²) in [6, 6.07) is 0. The van der Waals surface area contributed by atoms with Gasteiger partial charge in [-0.25, -0.2) is 0 Å². The van der Waals surface area contributed by atoms with Crippen LogP contribution in [0.15, 0.2) is 0 Å². The van der Waals surface area contributed by atoms with Crippen LogP contribution >= 0.6 is 0 Å². The Balaban J connectivity index is 1.66. The first-order valence-corrected chi connectivity index (χ1v) is 6.80. The van der Waals surface area contributed by atoms with Crippen molar-refractivity contribution < 1.29 is 4.74 Å². The Hall–Kier alpha value is -0.120. The van der Waals surface area contributed by atoms with Crippen LogP contribution in [0.5, 0.6) is 0 Å². The molecule has 0 aromatic heterocycles. The molecule has 94 valence electrons. The van der Waals surface area contributed by atoms with Gasteiger partial charge in [-0.05, 0) is 46.2 Å². The molecule has 3 nitrogen and oxygen atoms in total. The van der Waals surface area contributed by atoms with Crippen molar-refractivity contribution in [3.63, 3.8) is 0 Å². The maximum atomic E-state index is 5.63. The molecule has 0 amide bonds. The summed E-state index contributed by atoms with van der Waals surface area (Å²) in [7, 11) is 0. The van der Waals surface area contributed by atoms with Crippen LogP contribution in [-0.2, 0) is 4.74 Å². The minimum absolute atomic E-state index is 0.204. The number of ether oxygens (including phenoxy) is 1. The van der Waals surface area contributed by atoms with E-state index in [4.69, 9.17) is 4.74 Å². The fourth-order valence-electron chi connectivity index (χ4n) is 2.75. The van der Waals surface area contributed by atoms with Gasteiger partial charge in [-0.15, -0.1) is 0 Å². The summed E-state index contributed by atoms with van der Waals surface area (Å²) >= 11 is 0. The third-order valence-corrected chi connectivity index (χ3v) is 4.29. The average Bonchev–Trinajstić information content (AvgIpc) is 2.61. The quantitative estimate of drug-likeness (QED) is 0.788. The fraction of sp³-hybridized carbons (Fsp3) is 1.00. The van der Waals surface area contributed by atoms with Crippen molar-refractivity contribution in [3.05, 3.63) is 0 Å². The number of hydrogen-bond acceptors (Lipinski definition) is 3. The van der Waals surface area contributed by atoms with E-state index in [1.54, 1.807) is 0 Å². The maximum Gasteiger partial charge on any atom is 0.0726 e. The summed E-state index contributed by atoms with van der Waals surface area (Å²) in [5.41, 5.74) is 0.204. The zero-order valence-corrected chi connectivity index (χ0v) is 10.8. The van der Waals surface area contributed by atoms with E-state index >= 15 is 0 Å². The molecule has 3 heteroatoms. The first-order valence-electron chi connectivity index (χ1n) is 6.80.